The SMILES string of the molecule is Fc1ccc(C#Cc2ccc(C(Cn3ccnc3)=NOC3CCCCC3)cc2)cc1. The van der Waals surface area contributed by atoms with Crippen LogP contribution in [0.15, 0.2) is 72.4 Å². The van der Waals surface area contributed by atoms with Crippen LogP contribution < -0.4 is 0 Å². The molecule has 1 aromatic heterocycles. The summed E-state index contributed by atoms with van der Waals surface area (Å²) in [5.74, 6) is 5.92. The quantitative estimate of drug-likeness (QED) is 0.336. The number of halogens is 1. The molecule has 0 unspecified atom stereocenters. The Hall–Kier alpha value is -3.39. The largest absolute Gasteiger partial charge is 0.392 e. The molecule has 0 bridgehead atoms. The van der Waals surface area contributed by atoms with E-state index in [1.807, 2.05) is 35.0 Å². The molecule has 1 aliphatic rings. The summed E-state index contributed by atoms with van der Waals surface area (Å²) in [7, 11) is 0. The summed E-state index contributed by atoms with van der Waals surface area (Å²) in [6.45, 7) is 0.591. The molecule has 0 saturated heterocycles. The Morgan fingerprint density at radius 1 is 1.00 bits per heavy atom. The molecule has 0 aliphatic heterocycles. The molecular weight excluding hydrogens is 377 g/mol. The monoisotopic (exact) mass is 401 g/mol. The predicted octanol–water partition coefficient (Wildman–Crippen LogP) is 5.18. The first-order chi connectivity index (χ1) is 14.8. The van der Waals surface area contributed by atoms with Crippen LogP contribution in [0.1, 0.15) is 48.8 Å². The molecular formula is C25H24FN3O. The van der Waals surface area contributed by atoms with E-state index in [2.05, 4.69) is 22.0 Å². The zero-order valence-corrected chi connectivity index (χ0v) is 16.8. The van der Waals surface area contributed by atoms with Crippen LogP contribution in [0.5, 0.6) is 0 Å². The van der Waals surface area contributed by atoms with Crippen LogP contribution in [-0.4, -0.2) is 21.4 Å². The number of hydrogen-bond acceptors (Lipinski definition) is 3. The molecule has 1 saturated carbocycles. The highest BCUT2D eigenvalue weighted by Gasteiger charge is 2.15. The van der Waals surface area contributed by atoms with E-state index in [-0.39, 0.29) is 11.9 Å². The van der Waals surface area contributed by atoms with Crippen LogP contribution in [0.3, 0.4) is 0 Å². The summed E-state index contributed by atoms with van der Waals surface area (Å²) in [5.41, 5.74) is 3.52. The minimum Gasteiger partial charge on any atom is -0.392 e. The second-order valence-electron chi connectivity index (χ2n) is 7.47. The van der Waals surface area contributed by atoms with Gasteiger partial charge in [0.15, 0.2) is 0 Å². The summed E-state index contributed by atoms with van der Waals surface area (Å²) < 4.78 is 15.0. The number of aromatic nitrogens is 2. The van der Waals surface area contributed by atoms with Crippen molar-refractivity contribution in [1.29, 1.82) is 0 Å². The third kappa shape index (κ3) is 5.57. The molecule has 4 nitrogen and oxygen atoms in total. The third-order valence-electron chi connectivity index (χ3n) is 5.17. The first-order valence-corrected chi connectivity index (χ1v) is 10.3. The van der Waals surface area contributed by atoms with Gasteiger partial charge in [-0.25, -0.2) is 9.37 Å². The van der Waals surface area contributed by atoms with E-state index in [0.717, 1.165) is 35.2 Å². The molecule has 0 radical (unpaired) electrons. The van der Waals surface area contributed by atoms with Crippen LogP contribution in [0.4, 0.5) is 4.39 Å². The number of imidazole rings is 1. The second-order valence-corrected chi connectivity index (χ2v) is 7.47. The zero-order chi connectivity index (χ0) is 20.6. The van der Waals surface area contributed by atoms with Crippen molar-refractivity contribution in [2.75, 3.05) is 0 Å². The summed E-state index contributed by atoms with van der Waals surface area (Å²) in [5, 5.41) is 4.52. The van der Waals surface area contributed by atoms with Crippen molar-refractivity contribution in [1.82, 2.24) is 9.55 Å². The van der Waals surface area contributed by atoms with Gasteiger partial charge in [0.25, 0.3) is 0 Å². The standard InChI is InChI=1S/C25H24FN3O/c26-23-14-10-21(11-15-23)7-6-20-8-12-22(13-9-20)25(18-29-17-16-27-19-29)28-30-24-4-2-1-3-5-24/h8-17,19,24H,1-5,18H2. The van der Waals surface area contributed by atoms with Gasteiger partial charge in [0.1, 0.15) is 17.6 Å². The van der Waals surface area contributed by atoms with Crippen molar-refractivity contribution in [2.24, 2.45) is 5.16 Å². The average molecular weight is 401 g/mol. The number of rotatable bonds is 5. The van der Waals surface area contributed by atoms with Gasteiger partial charge in [-0.1, -0.05) is 35.6 Å². The Morgan fingerprint density at radius 2 is 1.67 bits per heavy atom. The van der Waals surface area contributed by atoms with E-state index < -0.39 is 0 Å². The Kier molecular flexibility index (Phi) is 6.56. The topological polar surface area (TPSA) is 39.4 Å². The number of hydrogen-bond donors (Lipinski definition) is 0. The molecule has 30 heavy (non-hydrogen) atoms. The van der Waals surface area contributed by atoms with Crippen LogP contribution in [-0.2, 0) is 11.4 Å². The molecule has 1 heterocycles. The molecule has 0 atom stereocenters. The molecule has 1 aliphatic carbocycles. The van der Waals surface area contributed by atoms with E-state index in [0.29, 0.717) is 6.54 Å². The maximum Gasteiger partial charge on any atom is 0.127 e. The van der Waals surface area contributed by atoms with Crippen LogP contribution in [0, 0.1) is 17.7 Å². The fourth-order valence-electron chi connectivity index (χ4n) is 3.46. The molecule has 3 aromatic rings. The van der Waals surface area contributed by atoms with Crippen molar-refractivity contribution in [2.45, 2.75) is 44.8 Å². The van der Waals surface area contributed by atoms with Crippen molar-refractivity contribution in [3.8, 4) is 11.8 Å². The minimum absolute atomic E-state index is 0.206. The molecule has 4 rings (SSSR count). The highest BCUT2D eigenvalue weighted by molar-refractivity contribution is 6.00. The average Bonchev–Trinajstić information content (AvgIpc) is 3.31. The molecule has 0 amide bonds. The molecule has 0 N–H and O–H groups in total. The number of benzene rings is 2. The van der Waals surface area contributed by atoms with E-state index >= 15 is 0 Å². The third-order valence-corrected chi connectivity index (χ3v) is 5.17. The van der Waals surface area contributed by atoms with Crippen LogP contribution >= 0.6 is 0 Å². The lowest BCUT2D eigenvalue weighted by atomic mass is 9.98. The highest BCUT2D eigenvalue weighted by atomic mass is 19.1. The van der Waals surface area contributed by atoms with Crippen molar-refractivity contribution < 1.29 is 9.23 Å². The molecule has 0 spiro atoms. The molecule has 2 aromatic carbocycles. The lowest BCUT2D eigenvalue weighted by Gasteiger charge is -2.20. The lowest BCUT2D eigenvalue weighted by Crippen LogP contribution is -2.17. The van der Waals surface area contributed by atoms with E-state index in [1.165, 1.54) is 31.4 Å². The lowest BCUT2D eigenvalue weighted by molar-refractivity contribution is 0.0326. The van der Waals surface area contributed by atoms with E-state index in [9.17, 15) is 4.39 Å². The smallest absolute Gasteiger partial charge is 0.127 e. The highest BCUT2D eigenvalue weighted by Crippen LogP contribution is 2.21. The van der Waals surface area contributed by atoms with Crippen LogP contribution in [0.2, 0.25) is 0 Å². The minimum atomic E-state index is -0.259. The fourth-order valence-corrected chi connectivity index (χ4v) is 3.46. The summed E-state index contributed by atoms with van der Waals surface area (Å²) in [4.78, 5) is 10.0. The van der Waals surface area contributed by atoms with Crippen LogP contribution in [0.25, 0.3) is 0 Å². The maximum atomic E-state index is 13.0. The summed E-state index contributed by atoms with van der Waals surface area (Å²) in [6.07, 6.45) is 11.5. The second kappa shape index (κ2) is 9.89. The van der Waals surface area contributed by atoms with Crippen molar-refractivity contribution in [3.63, 3.8) is 0 Å². The van der Waals surface area contributed by atoms with Gasteiger partial charge in [-0.3, -0.25) is 0 Å². The van der Waals surface area contributed by atoms with Gasteiger partial charge in [0, 0.05) is 29.1 Å². The molecule has 1 fully saturated rings. The van der Waals surface area contributed by atoms with E-state index in [1.54, 1.807) is 24.7 Å². The van der Waals surface area contributed by atoms with Gasteiger partial charge in [-0.15, -0.1) is 0 Å². The predicted molar refractivity (Wildman–Crippen MR) is 116 cm³/mol. The van der Waals surface area contributed by atoms with Crippen molar-refractivity contribution in [3.05, 3.63) is 89.8 Å². The van der Waals surface area contributed by atoms with Crippen molar-refractivity contribution >= 4 is 5.71 Å². The van der Waals surface area contributed by atoms with E-state index in [4.69, 9.17) is 4.84 Å². The summed E-state index contributed by atoms with van der Waals surface area (Å²) >= 11 is 0. The number of nitrogens with zero attached hydrogens (tertiary/aromatic N) is 3. The normalized spacial score (nSPS) is 14.8. The maximum absolute atomic E-state index is 13.0. The fraction of sp³-hybridized carbons (Fsp3) is 0.280. The Bertz CT molecular complexity index is 1020. The zero-order valence-electron chi connectivity index (χ0n) is 16.8. The summed E-state index contributed by atoms with van der Waals surface area (Å²) in [6, 6.07) is 14.1. The Labute approximate surface area is 176 Å². The molecule has 152 valence electrons. The molecule has 5 heteroatoms. The Morgan fingerprint density at radius 3 is 2.30 bits per heavy atom. The number of oxime groups is 1. The van der Waals surface area contributed by atoms with Gasteiger partial charge in [-0.2, -0.15) is 0 Å². The van der Waals surface area contributed by atoms with Gasteiger partial charge in [0.2, 0.25) is 0 Å². The van der Waals surface area contributed by atoms with Gasteiger partial charge in [0.05, 0.1) is 12.9 Å². The Balaban J connectivity index is 1.50. The van der Waals surface area contributed by atoms with Gasteiger partial charge in [-0.05, 0) is 62.1 Å². The first kappa shape index (κ1) is 19.9. The first-order valence-electron chi connectivity index (χ1n) is 10.3. The van der Waals surface area contributed by atoms with Gasteiger partial charge < -0.3 is 9.40 Å². The van der Waals surface area contributed by atoms with Gasteiger partial charge >= 0.3 is 0 Å².